The third kappa shape index (κ3) is 3.79. The number of hydrogen-bond donors (Lipinski definition) is 0. The fraction of sp³-hybridized carbons (Fsp3) is 0.333. The van der Waals surface area contributed by atoms with Crippen molar-refractivity contribution in [3.8, 4) is 0 Å². The summed E-state index contributed by atoms with van der Waals surface area (Å²) >= 11 is 6.13. The van der Waals surface area contributed by atoms with E-state index in [0.29, 0.717) is 37.0 Å². The summed E-state index contributed by atoms with van der Waals surface area (Å²) in [7, 11) is 0. The summed E-state index contributed by atoms with van der Waals surface area (Å²) in [6.45, 7) is 2.30. The van der Waals surface area contributed by atoms with E-state index in [2.05, 4.69) is 0 Å². The Kier molecular flexibility index (Phi) is 5.20. The van der Waals surface area contributed by atoms with Gasteiger partial charge < -0.3 is 14.2 Å². The Morgan fingerprint density at radius 1 is 1.00 bits per heavy atom. The minimum absolute atomic E-state index is 0.0374. The molecule has 1 aliphatic heterocycles. The molecule has 126 valence electrons. The van der Waals surface area contributed by atoms with Crippen LogP contribution < -0.4 is 0 Å². The lowest BCUT2D eigenvalue weighted by Gasteiger charge is -2.22. The number of amides is 2. The molecule has 5 nitrogen and oxygen atoms in total. The van der Waals surface area contributed by atoms with Crippen LogP contribution in [0.15, 0.2) is 47.1 Å². The molecule has 2 aromatic rings. The topological polar surface area (TPSA) is 53.8 Å². The second-order valence-corrected chi connectivity index (χ2v) is 6.18. The molecule has 1 aliphatic rings. The van der Waals surface area contributed by atoms with E-state index in [1.165, 1.54) is 6.26 Å². The van der Waals surface area contributed by atoms with Crippen LogP contribution in [-0.2, 0) is 11.2 Å². The number of carbonyl (C=O) groups excluding carboxylic acids is 2. The fourth-order valence-corrected chi connectivity index (χ4v) is 3.05. The molecule has 0 radical (unpaired) electrons. The first-order chi connectivity index (χ1) is 11.6. The Morgan fingerprint density at radius 3 is 2.50 bits per heavy atom. The molecule has 0 N–H and O–H groups in total. The first-order valence-electron chi connectivity index (χ1n) is 7.99. The largest absolute Gasteiger partial charge is 0.459 e. The summed E-state index contributed by atoms with van der Waals surface area (Å²) in [5.74, 6) is 0.252. The first-order valence-corrected chi connectivity index (χ1v) is 8.37. The number of hydrogen-bond acceptors (Lipinski definition) is 3. The van der Waals surface area contributed by atoms with Crippen LogP contribution >= 0.6 is 11.6 Å². The quantitative estimate of drug-likeness (QED) is 0.858. The van der Waals surface area contributed by atoms with Gasteiger partial charge in [0.05, 0.1) is 12.7 Å². The Morgan fingerprint density at radius 2 is 1.75 bits per heavy atom. The highest BCUT2D eigenvalue weighted by atomic mass is 35.5. The van der Waals surface area contributed by atoms with Crippen molar-refractivity contribution in [1.82, 2.24) is 9.80 Å². The van der Waals surface area contributed by atoms with Crippen molar-refractivity contribution in [3.63, 3.8) is 0 Å². The van der Waals surface area contributed by atoms with E-state index in [-0.39, 0.29) is 18.2 Å². The van der Waals surface area contributed by atoms with Gasteiger partial charge in [0, 0.05) is 31.2 Å². The van der Waals surface area contributed by atoms with Crippen molar-refractivity contribution in [2.45, 2.75) is 12.8 Å². The highest BCUT2D eigenvalue weighted by Gasteiger charge is 2.24. The summed E-state index contributed by atoms with van der Waals surface area (Å²) in [4.78, 5) is 28.4. The zero-order valence-corrected chi connectivity index (χ0v) is 14.0. The van der Waals surface area contributed by atoms with Crippen molar-refractivity contribution in [1.29, 1.82) is 0 Å². The van der Waals surface area contributed by atoms with E-state index in [4.69, 9.17) is 16.0 Å². The molecule has 0 saturated carbocycles. The lowest BCUT2D eigenvalue weighted by molar-refractivity contribution is -0.130. The number of halogens is 1. The van der Waals surface area contributed by atoms with Crippen molar-refractivity contribution >= 4 is 23.4 Å². The lowest BCUT2D eigenvalue weighted by Crippen LogP contribution is -2.37. The molecule has 24 heavy (non-hydrogen) atoms. The van der Waals surface area contributed by atoms with Crippen LogP contribution in [0, 0.1) is 0 Å². The smallest absolute Gasteiger partial charge is 0.289 e. The Balaban J connectivity index is 1.60. The van der Waals surface area contributed by atoms with Crippen LogP contribution in [0.4, 0.5) is 0 Å². The summed E-state index contributed by atoms with van der Waals surface area (Å²) in [5.41, 5.74) is 0.830. The van der Waals surface area contributed by atoms with E-state index >= 15 is 0 Å². The molecule has 0 aliphatic carbocycles. The Labute approximate surface area is 145 Å². The number of rotatable bonds is 3. The van der Waals surface area contributed by atoms with Gasteiger partial charge in [0.2, 0.25) is 5.91 Å². The van der Waals surface area contributed by atoms with E-state index in [9.17, 15) is 9.59 Å². The number of benzene rings is 1. The van der Waals surface area contributed by atoms with Gasteiger partial charge >= 0.3 is 0 Å². The van der Waals surface area contributed by atoms with E-state index in [1.807, 2.05) is 18.2 Å². The van der Waals surface area contributed by atoms with E-state index in [1.54, 1.807) is 28.0 Å². The van der Waals surface area contributed by atoms with Crippen molar-refractivity contribution in [2.75, 3.05) is 26.2 Å². The normalized spacial score (nSPS) is 15.2. The van der Waals surface area contributed by atoms with Gasteiger partial charge in [-0.15, -0.1) is 0 Å². The van der Waals surface area contributed by atoms with Gasteiger partial charge in [-0.1, -0.05) is 29.8 Å². The van der Waals surface area contributed by atoms with Crippen molar-refractivity contribution in [3.05, 3.63) is 59.0 Å². The predicted octanol–water partition coefficient (Wildman–Crippen LogP) is 2.85. The summed E-state index contributed by atoms with van der Waals surface area (Å²) in [6.07, 6.45) is 2.52. The molecule has 1 fully saturated rings. The summed E-state index contributed by atoms with van der Waals surface area (Å²) < 4.78 is 5.17. The van der Waals surface area contributed by atoms with Crippen LogP contribution in [0.2, 0.25) is 5.02 Å². The molecule has 0 bridgehead atoms. The molecule has 2 heterocycles. The highest BCUT2D eigenvalue weighted by molar-refractivity contribution is 6.31. The van der Waals surface area contributed by atoms with Crippen molar-refractivity contribution in [2.24, 2.45) is 0 Å². The monoisotopic (exact) mass is 346 g/mol. The molecular weight excluding hydrogens is 328 g/mol. The van der Waals surface area contributed by atoms with Gasteiger partial charge in [0.25, 0.3) is 5.91 Å². The van der Waals surface area contributed by atoms with E-state index < -0.39 is 0 Å². The maximum Gasteiger partial charge on any atom is 0.289 e. The number of nitrogens with zero attached hydrogens (tertiary/aromatic N) is 2. The van der Waals surface area contributed by atoms with Gasteiger partial charge in [-0.2, -0.15) is 0 Å². The molecule has 3 rings (SSSR count). The molecule has 0 atom stereocenters. The van der Waals surface area contributed by atoms with Crippen LogP contribution in [0.3, 0.4) is 0 Å². The Bertz CT molecular complexity index is 715. The minimum atomic E-state index is -0.125. The van der Waals surface area contributed by atoms with Gasteiger partial charge in [-0.3, -0.25) is 9.59 Å². The molecule has 1 aromatic carbocycles. The van der Waals surface area contributed by atoms with Crippen LogP contribution in [0.25, 0.3) is 0 Å². The van der Waals surface area contributed by atoms with Gasteiger partial charge in [0.1, 0.15) is 0 Å². The minimum Gasteiger partial charge on any atom is -0.459 e. The maximum absolute atomic E-state index is 12.5. The fourth-order valence-electron chi connectivity index (χ4n) is 2.84. The Hall–Kier alpha value is -2.27. The average molecular weight is 347 g/mol. The highest BCUT2D eigenvalue weighted by Crippen LogP contribution is 2.17. The molecule has 1 saturated heterocycles. The average Bonchev–Trinajstić information content (AvgIpc) is 3.00. The number of furan rings is 1. The number of carbonyl (C=O) groups is 2. The predicted molar refractivity (Wildman–Crippen MR) is 91.0 cm³/mol. The van der Waals surface area contributed by atoms with Crippen LogP contribution in [0.5, 0.6) is 0 Å². The standard InChI is InChI=1S/C18H19ClN2O3/c19-15-6-2-1-5-14(15)13-17(22)20-8-4-9-21(11-10-20)18(23)16-7-3-12-24-16/h1-3,5-7,12H,4,8-11,13H2. The van der Waals surface area contributed by atoms with E-state index in [0.717, 1.165) is 12.0 Å². The lowest BCUT2D eigenvalue weighted by atomic mass is 10.1. The zero-order valence-electron chi connectivity index (χ0n) is 13.3. The van der Waals surface area contributed by atoms with Crippen LogP contribution in [-0.4, -0.2) is 47.8 Å². The van der Waals surface area contributed by atoms with Gasteiger partial charge in [-0.25, -0.2) is 0 Å². The molecule has 0 unspecified atom stereocenters. The second kappa shape index (κ2) is 7.53. The second-order valence-electron chi connectivity index (χ2n) is 5.77. The molecule has 1 aromatic heterocycles. The molecular formula is C18H19ClN2O3. The third-order valence-electron chi connectivity index (χ3n) is 4.17. The zero-order chi connectivity index (χ0) is 16.9. The SMILES string of the molecule is O=C(Cc1ccccc1Cl)N1CCCN(C(=O)c2ccco2)CC1. The molecule has 6 heteroatoms. The van der Waals surface area contributed by atoms with Crippen molar-refractivity contribution < 1.29 is 14.0 Å². The maximum atomic E-state index is 12.5. The van der Waals surface area contributed by atoms with Crippen LogP contribution in [0.1, 0.15) is 22.5 Å². The van der Waals surface area contributed by atoms with Gasteiger partial charge in [-0.05, 0) is 30.2 Å². The molecule has 2 amide bonds. The first kappa shape index (κ1) is 16.6. The summed E-state index contributed by atoms with van der Waals surface area (Å²) in [5, 5.41) is 0.607. The third-order valence-corrected chi connectivity index (χ3v) is 4.54. The van der Waals surface area contributed by atoms with Gasteiger partial charge in [0.15, 0.2) is 5.76 Å². The molecule has 0 spiro atoms. The summed E-state index contributed by atoms with van der Waals surface area (Å²) in [6, 6.07) is 10.7.